The minimum Gasteiger partial charge on any atom is -0.451 e. The Morgan fingerprint density at radius 1 is 1.30 bits per heavy atom. The molecule has 0 fully saturated rings. The summed E-state index contributed by atoms with van der Waals surface area (Å²) in [4.78, 5) is 31.0. The van der Waals surface area contributed by atoms with Crippen LogP contribution in [0.3, 0.4) is 0 Å². The summed E-state index contributed by atoms with van der Waals surface area (Å²) < 4.78 is 6.69. The Morgan fingerprint density at radius 3 is 2.80 bits per heavy atom. The highest BCUT2D eigenvalue weighted by Crippen LogP contribution is 2.34. The van der Waals surface area contributed by atoms with Crippen LogP contribution in [-0.2, 0) is 10.3 Å². The Balaban J connectivity index is 1.63. The Labute approximate surface area is 182 Å². The van der Waals surface area contributed by atoms with Crippen molar-refractivity contribution in [2.24, 2.45) is 10.7 Å². The second-order valence-corrected chi connectivity index (χ2v) is 8.52. The van der Waals surface area contributed by atoms with Gasteiger partial charge < -0.3 is 15.5 Å². The second kappa shape index (κ2) is 7.28. The lowest BCUT2D eigenvalue weighted by Gasteiger charge is -2.33. The van der Waals surface area contributed by atoms with Gasteiger partial charge in [0.2, 0.25) is 5.91 Å². The third-order valence-corrected chi connectivity index (χ3v) is 5.91. The molecule has 1 aliphatic heterocycles. The summed E-state index contributed by atoms with van der Waals surface area (Å²) in [5.41, 5.74) is 7.90. The predicted octanol–water partition coefficient (Wildman–Crippen LogP) is 4.15. The zero-order chi connectivity index (χ0) is 21.6. The third-order valence-electron chi connectivity index (χ3n) is 5.42. The van der Waals surface area contributed by atoms with Crippen LogP contribution in [0.2, 0.25) is 0 Å². The smallest absolute Gasteiger partial charge is 0.291 e. The number of rotatable bonds is 3. The lowest BCUT2D eigenvalue weighted by Crippen LogP contribution is -2.47. The molecule has 2 aromatic carbocycles. The number of guanidine groups is 1. The molecule has 154 valence electrons. The van der Waals surface area contributed by atoms with Crippen LogP contribution in [-0.4, -0.2) is 29.7 Å². The molecule has 0 saturated carbocycles. The minimum absolute atomic E-state index is 0.108. The fourth-order valence-corrected chi connectivity index (χ4v) is 3.97. The lowest BCUT2D eigenvalue weighted by atomic mass is 9.87. The minimum atomic E-state index is -0.796. The van der Waals surface area contributed by atoms with Crippen LogP contribution in [0.4, 0.5) is 5.69 Å². The van der Waals surface area contributed by atoms with Gasteiger partial charge in [-0.2, -0.15) is 0 Å². The average Bonchev–Trinajstić information content (AvgIpc) is 3.02. The number of benzene rings is 2. The summed E-state index contributed by atoms with van der Waals surface area (Å²) >= 11 is 3.44. The molecule has 7 nitrogen and oxygen atoms in total. The molecule has 3 N–H and O–H groups in total. The van der Waals surface area contributed by atoms with E-state index in [1.54, 1.807) is 13.1 Å². The van der Waals surface area contributed by atoms with Crippen molar-refractivity contribution in [3.63, 3.8) is 0 Å². The maximum absolute atomic E-state index is 12.9. The van der Waals surface area contributed by atoms with Gasteiger partial charge in [0.1, 0.15) is 5.58 Å². The monoisotopic (exact) mass is 468 g/mol. The number of anilines is 1. The quantitative estimate of drug-likeness (QED) is 0.602. The van der Waals surface area contributed by atoms with Crippen LogP contribution in [0.5, 0.6) is 0 Å². The third kappa shape index (κ3) is 3.47. The van der Waals surface area contributed by atoms with Gasteiger partial charge in [0.15, 0.2) is 11.7 Å². The van der Waals surface area contributed by atoms with Gasteiger partial charge in [0.05, 0.1) is 12.0 Å². The SMILES string of the molecule is Cc1c(C(=O)Nc2cccc(C3(C)CC(=O)N(C)C(N)=N3)c2)oc2ccc(Br)cc12. The lowest BCUT2D eigenvalue weighted by molar-refractivity contribution is -0.128. The maximum atomic E-state index is 12.9. The zero-order valence-corrected chi connectivity index (χ0v) is 18.4. The van der Waals surface area contributed by atoms with Crippen molar-refractivity contribution in [3.05, 3.63) is 63.8 Å². The molecule has 0 radical (unpaired) electrons. The number of amides is 2. The summed E-state index contributed by atoms with van der Waals surface area (Å²) in [5.74, 6) is -0.0169. The van der Waals surface area contributed by atoms with Crippen LogP contribution in [0.25, 0.3) is 11.0 Å². The van der Waals surface area contributed by atoms with Crippen molar-refractivity contribution in [1.29, 1.82) is 0 Å². The molecule has 0 saturated heterocycles. The molecule has 1 aromatic heterocycles. The van der Waals surface area contributed by atoms with Crippen LogP contribution in [0.15, 0.2) is 56.3 Å². The van der Waals surface area contributed by atoms with E-state index in [0.29, 0.717) is 11.3 Å². The summed E-state index contributed by atoms with van der Waals surface area (Å²) in [5, 5.41) is 3.76. The number of hydrogen-bond donors (Lipinski definition) is 2. The molecule has 4 rings (SSSR count). The van der Waals surface area contributed by atoms with E-state index in [1.807, 2.05) is 50.2 Å². The number of aliphatic imine (C=N–C) groups is 1. The molecular weight excluding hydrogens is 448 g/mol. The Hall–Kier alpha value is -3.13. The standard InChI is InChI=1S/C22H21BrN4O3/c1-12-16-10-14(23)7-8-17(16)30-19(12)20(29)25-15-6-4-5-13(9-15)22(2)11-18(28)27(3)21(24)26-22/h4-10H,11H2,1-3H3,(H2,24,26)(H,25,29). The normalized spacial score (nSPS) is 19.1. The molecule has 1 unspecified atom stereocenters. The molecular formula is C22H21BrN4O3. The first-order valence-corrected chi connectivity index (χ1v) is 10.2. The zero-order valence-electron chi connectivity index (χ0n) is 16.8. The fraction of sp³-hybridized carbons (Fsp3) is 0.227. The van der Waals surface area contributed by atoms with E-state index in [0.717, 1.165) is 21.0 Å². The van der Waals surface area contributed by atoms with E-state index >= 15 is 0 Å². The van der Waals surface area contributed by atoms with E-state index in [4.69, 9.17) is 10.2 Å². The van der Waals surface area contributed by atoms with Gasteiger partial charge in [0, 0.05) is 28.2 Å². The Bertz CT molecular complexity index is 1220. The van der Waals surface area contributed by atoms with Gasteiger partial charge in [-0.3, -0.25) is 14.5 Å². The van der Waals surface area contributed by atoms with Crippen molar-refractivity contribution in [3.8, 4) is 0 Å². The van der Waals surface area contributed by atoms with Gasteiger partial charge >= 0.3 is 0 Å². The predicted molar refractivity (Wildman–Crippen MR) is 119 cm³/mol. The van der Waals surface area contributed by atoms with Crippen LogP contribution < -0.4 is 11.1 Å². The van der Waals surface area contributed by atoms with Crippen LogP contribution in [0, 0.1) is 6.92 Å². The van der Waals surface area contributed by atoms with Gasteiger partial charge in [-0.1, -0.05) is 28.1 Å². The van der Waals surface area contributed by atoms with E-state index in [1.165, 1.54) is 4.90 Å². The Morgan fingerprint density at radius 2 is 2.07 bits per heavy atom. The van der Waals surface area contributed by atoms with Gasteiger partial charge in [-0.25, -0.2) is 4.99 Å². The number of aryl methyl sites for hydroxylation is 1. The van der Waals surface area contributed by atoms with Gasteiger partial charge in [-0.15, -0.1) is 0 Å². The van der Waals surface area contributed by atoms with Crippen molar-refractivity contribution in [2.75, 3.05) is 12.4 Å². The highest BCUT2D eigenvalue weighted by molar-refractivity contribution is 9.10. The van der Waals surface area contributed by atoms with Crippen molar-refractivity contribution in [1.82, 2.24) is 4.90 Å². The molecule has 3 aromatic rings. The summed E-state index contributed by atoms with van der Waals surface area (Å²) in [6.45, 7) is 3.71. The van der Waals surface area contributed by atoms with E-state index < -0.39 is 5.54 Å². The van der Waals surface area contributed by atoms with Crippen molar-refractivity contribution >= 4 is 50.4 Å². The number of carbonyl (C=O) groups excluding carboxylic acids is 2. The molecule has 30 heavy (non-hydrogen) atoms. The topological polar surface area (TPSA) is 101 Å². The highest BCUT2D eigenvalue weighted by atomic mass is 79.9. The number of carbonyl (C=O) groups is 2. The first-order chi connectivity index (χ1) is 14.2. The van der Waals surface area contributed by atoms with Crippen LogP contribution in [0.1, 0.15) is 35.0 Å². The molecule has 0 aliphatic carbocycles. The summed E-state index contributed by atoms with van der Waals surface area (Å²) in [6.07, 6.45) is 0.194. The average molecular weight is 469 g/mol. The highest BCUT2D eigenvalue weighted by Gasteiger charge is 2.36. The number of nitrogens with two attached hydrogens (primary N) is 1. The van der Waals surface area contributed by atoms with E-state index in [-0.39, 0.29) is 30.0 Å². The number of hydrogen-bond acceptors (Lipinski definition) is 5. The molecule has 0 spiro atoms. The summed E-state index contributed by atoms with van der Waals surface area (Å²) in [7, 11) is 1.60. The van der Waals surface area contributed by atoms with Crippen molar-refractivity contribution in [2.45, 2.75) is 25.8 Å². The molecule has 1 aliphatic rings. The maximum Gasteiger partial charge on any atom is 0.291 e. The largest absolute Gasteiger partial charge is 0.451 e. The van der Waals surface area contributed by atoms with Crippen molar-refractivity contribution < 1.29 is 14.0 Å². The van der Waals surface area contributed by atoms with Crippen LogP contribution >= 0.6 is 15.9 Å². The molecule has 8 heteroatoms. The number of fused-ring (bicyclic) bond motifs is 1. The summed E-state index contributed by atoms with van der Waals surface area (Å²) in [6, 6.07) is 12.9. The van der Waals surface area contributed by atoms with E-state index in [2.05, 4.69) is 26.2 Å². The number of halogens is 1. The number of nitrogens with one attached hydrogen (secondary N) is 1. The second-order valence-electron chi connectivity index (χ2n) is 7.60. The fourth-order valence-electron chi connectivity index (χ4n) is 3.60. The Kier molecular flexibility index (Phi) is 4.89. The molecule has 1 atom stereocenters. The number of nitrogens with zero attached hydrogens (tertiary/aromatic N) is 2. The van der Waals surface area contributed by atoms with Gasteiger partial charge in [-0.05, 0) is 49.7 Å². The van der Waals surface area contributed by atoms with E-state index in [9.17, 15) is 9.59 Å². The first kappa shape index (κ1) is 20.2. The molecule has 2 heterocycles. The number of furan rings is 1. The molecule has 2 amide bonds. The first-order valence-electron chi connectivity index (χ1n) is 9.40. The molecule has 0 bridgehead atoms. The van der Waals surface area contributed by atoms with Gasteiger partial charge in [0.25, 0.3) is 5.91 Å².